The third kappa shape index (κ3) is 4.81. The van der Waals surface area contributed by atoms with Crippen LogP contribution >= 0.6 is 0 Å². The summed E-state index contributed by atoms with van der Waals surface area (Å²) in [5.74, 6) is 2.15. The normalized spacial score (nSPS) is 16.1. The molecule has 1 aliphatic rings. The van der Waals surface area contributed by atoms with Crippen LogP contribution in [-0.4, -0.2) is 19.5 Å². The zero-order valence-electron chi connectivity index (χ0n) is 26.6. The molecule has 0 amide bonds. The summed E-state index contributed by atoms with van der Waals surface area (Å²) in [7, 11) is 0. The van der Waals surface area contributed by atoms with Crippen LogP contribution in [0.1, 0.15) is 24.7 Å². The predicted molar refractivity (Wildman–Crippen MR) is 198 cm³/mol. The van der Waals surface area contributed by atoms with Gasteiger partial charge in [0, 0.05) is 33.0 Å². The minimum Gasteiger partial charge on any atom is -0.309 e. The molecule has 4 nitrogen and oxygen atoms in total. The van der Waals surface area contributed by atoms with E-state index in [1.54, 1.807) is 0 Å². The summed E-state index contributed by atoms with van der Waals surface area (Å²) in [6.45, 7) is 2.22. The highest BCUT2D eigenvalue weighted by Gasteiger charge is 2.30. The van der Waals surface area contributed by atoms with Crippen molar-refractivity contribution in [3.05, 3.63) is 175 Å². The third-order valence-corrected chi connectivity index (χ3v) is 9.60. The van der Waals surface area contributed by atoms with E-state index in [1.165, 1.54) is 43.7 Å². The van der Waals surface area contributed by atoms with E-state index in [4.69, 9.17) is 15.0 Å². The van der Waals surface area contributed by atoms with Crippen molar-refractivity contribution in [2.24, 2.45) is 0 Å². The molecule has 8 aromatic rings. The first-order valence-electron chi connectivity index (χ1n) is 16.4. The summed E-state index contributed by atoms with van der Waals surface area (Å²) in [6.07, 6.45) is 7.58. The quantitative estimate of drug-likeness (QED) is 0.193. The lowest BCUT2D eigenvalue weighted by molar-refractivity contribution is 0.555. The molecule has 0 N–H and O–H groups in total. The Kier molecular flexibility index (Phi) is 6.61. The van der Waals surface area contributed by atoms with Gasteiger partial charge >= 0.3 is 0 Å². The summed E-state index contributed by atoms with van der Waals surface area (Å²) in [5, 5.41) is 4.90. The van der Waals surface area contributed by atoms with Gasteiger partial charge in [0.25, 0.3) is 0 Å². The molecular weight excluding hydrogens is 585 g/mol. The van der Waals surface area contributed by atoms with Crippen molar-refractivity contribution in [2.45, 2.75) is 18.8 Å². The zero-order valence-corrected chi connectivity index (χ0v) is 26.6. The minimum absolute atomic E-state index is 0.384. The Morgan fingerprint density at radius 3 is 1.83 bits per heavy atom. The topological polar surface area (TPSA) is 43.6 Å². The second kappa shape index (κ2) is 11.3. The number of rotatable bonds is 5. The molecule has 0 bridgehead atoms. The Morgan fingerprint density at radius 1 is 0.542 bits per heavy atom. The van der Waals surface area contributed by atoms with Gasteiger partial charge < -0.3 is 4.57 Å². The molecule has 0 spiro atoms. The van der Waals surface area contributed by atoms with Crippen LogP contribution in [0.2, 0.25) is 0 Å². The molecule has 228 valence electrons. The largest absolute Gasteiger partial charge is 0.309 e. The van der Waals surface area contributed by atoms with Crippen LogP contribution in [0.5, 0.6) is 0 Å². The van der Waals surface area contributed by atoms with Crippen molar-refractivity contribution in [1.29, 1.82) is 0 Å². The van der Waals surface area contributed by atoms with Gasteiger partial charge in [-0.05, 0) is 65.6 Å². The second-order valence-electron chi connectivity index (χ2n) is 12.8. The molecule has 0 fully saturated rings. The fourth-order valence-corrected chi connectivity index (χ4v) is 6.92. The van der Waals surface area contributed by atoms with Crippen molar-refractivity contribution >= 4 is 38.2 Å². The van der Waals surface area contributed by atoms with Gasteiger partial charge in [0.1, 0.15) is 5.82 Å². The lowest BCUT2D eigenvalue weighted by Gasteiger charge is -2.27. The van der Waals surface area contributed by atoms with Crippen LogP contribution in [0.25, 0.3) is 66.6 Å². The van der Waals surface area contributed by atoms with Crippen molar-refractivity contribution in [2.75, 3.05) is 0 Å². The Labute approximate surface area is 279 Å². The molecular formula is C44H32N4. The molecule has 48 heavy (non-hydrogen) atoms. The average molecular weight is 617 g/mol. The standard InChI is InChI=1S/C44H32N4/c1-44(43-46-41(33-12-3-2-4-13-33)45-42(47-43)35-20-19-30-11-5-6-14-34(30)29-35)27-25-32(26-28-44)31-21-23-36(24-22-31)48-39-17-9-7-15-37(39)38-16-8-10-18-40(38)48/h2-27,29H,28H2,1H3. The van der Waals surface area contributed by atoms with Crippen LogP contribution in [0.3, 0.4) is 0 Å². The van der Waals surface area contributed by atoms with E-state index in [0.717, 1.165) is 29.1 Å². The Morgan fingerprint density at radius 2 is 1.15 bits per heavy atom. The lowest BCUT2D eigenvalue weighted by Crippen LogP contribution is -2.24. The maximum Gasteiger partial charge on any atom is 0.163 e. The first-order chi connectivity index (χ1) is 23.6. The predicted octanol–water partition coefficient (Wildman–Crippen LogP) is 10.8. The molecule has 1 unspecified atom stereocenters. The first kappa shape index (κ1) is 28.1. The SMILES string of the molecule is CC1(c2nc(-c3ccccc3)nc(-c3ccc4ccccc4c3)n2)C=CC(c2ccc(-n3c4ccccc4c4ccccc43)cc2)=CC1. The van der Waals surface area contributed by atoms with Crippen LogP contribution in [0.15, 0.2) is 164 Å². The molecule has 9 rings (SSSR count). The Balaban J connectivity index is 1.06. The van der Waals surface area contributed by atoms with Gasteiger partial charge in [-0.25, -0.2) is 15.0 Å². The van der Waals surface area contributed by atoms with E-state index >= 15 is 0 Å². The van der Waals surface area contributed by atoms with Gasteiger partial charge in [-0.3, -0.25) is 0 Å². The monoisotopic (exact) mass is 616 g/mol. The van der Waals surface area contributed by atoms with Crippen molar-refractivity contribution in [3.63, 3.8) is 0 Å². The number of hydrogen-bond donors (Lipinski definition) is 0. The van der Waals surface area contributed by atoms with E-state index in [-0.39, 0.29) is 5.41 Å². The fraction of sp³-hybridized carbons (Fsp3) is 0.0682. The number of benzene rings is 6. The van der Waals surface area contributed by atoms with Crippen LogP contribution in [-0.2, 0) is 5.41 Å². The number of allylic oxidation sites excluding steroid dienone is 4. The van der Waals surface area contributed by atoms with Crippen molar-refractivity contribution in [3.8, 4) is 28.5 Å². The van der Waals surface area contributed by atoms with E-state index in [9.17, 15) is 0 Å². The number of nitrogens with zero attached hydrogens (tertiary/aromatic N) is 4. The molecule has 2 heterocycles. The number of hydrogen-bond acceptors (Lipinski definition) is 3. The molecule has 0 radical (unpaired) electrons. The maximum absolute atomic E-state index is 5.11. The van der Waals surface area contributed by atoms with Gasteiger partial charge in [-0.2, -0.15) is 0 Å². The number of aromatic nitrogens is 4. The molecule has 1 atom stereocenters. The molecule has 2 aromatic heterocycles. The van der Waals surface area contributed by atoms with Crippen molar-refractivity contribution < 1.29 is 0 Å². The Hall–Kier alpha value is -6.13. The van der Waals surface area contributed by atoms with Crippen LogP contribution in [0.4, 0.5) is 0 Å². The average Bonchev–Trinajstić information content (AvgIpc) is 3.50. The maximum atomic E-state index is 5.11. The van der Waals surface area contributed by atoms with Gasteiger partial charge in [0.15, 0.2) is 11.6 Å². The van der Waals surface area contributed by atoms with Crippen LogP contribution < -0.4 is 0 Å². The summed E-state index contributed by atoms with van der Waals surface area (Å²) in [4.78, 5) is 15.2. The molecule has 0 saturated carbocycles. The number of fused-ring (bicyclic) bond motifs is 4. The van der Waals surface area contributed by atoms with E-state index in [0.29, 0.717) is 11.6 Å². The van der Waals surface area contributed by atoms with Gasteiger partial charge in [0.05, 0.1) is 11.0 Å². The lowest BCUT2D eigenvalue weighted by atomic mass is 9.80. The smallest absolute Gasteiger partial charge is 0.163 e. The highest BCUT2D eigenvalue weighted by Crippen LogP contribution is 2.37. The van der Waals surface area contributed by atoms with Crippen LogP contribution in [0, 0.1) is 0 Å². The van der Waals surface area contributed by atoms with E-state index in [1.807, 2.05) is 18.2 Å². The molecule has 1 aliphatic carbocycles. The van der Waals surface area contributed by atoms with Crippen molar-refractivity contribution in [1.82, 2.24) is 19.5 Å². The number of para-hydroxylation sites is 2. The summed E-state index contributed by atoms with van der Waals surface area (Å²) < 4.78 is 2.36. The second-order valence-corrected chi connectivity index (χ2v) is 12.8. The summed E-state index contributed by atoms with van der Waals surface area (Å²) in [6, 6.07) is 51.2. The molecule has 6 aromatic carbocycles. The highest BCUT2D eigenvalue weighted by atomic mass is 15.0. The van der Waals surface area contributed by atoms with E-state index < -0.39 is 0 Å². The fourth-order valence-electron chi connectivity index (χ4n) is 6.92. The summed E-state index contributed by atoms with van der Waals surface area (Å²) in [5.41, 5.74) is 7.56. The highest BCUT2D eigenvalue weighted by molar-refractivity contribution is 6.09. The third-order valence-electron chi connectivity index (χ3n) is 9.60. The van der Waals surface area contributed by atoms with Gasteiger partial charge in [-0.15, -0.1) is 0 Å². The molecule has 0 aliphatic heterocycles. The molecule has 0 saturated heterocycles. The first-order valence-corrected chi connectivity index (χ1v) is 16.4. The zero-order chi connectivity index (χ0) is 32.1. The van der Waals surface area contributed by atoms with E-state index in [2.05, 4.69) is 157 Å². The Bertz CT molecular complexity index is 2490. The van der Waals surface area contributed by atoms with Gasteiger partial charge in [-0.1, -0.05) is 133 Å². The summed E-state index contributed by atoms with van der Waals surface area (Å²) >= 11 is 0. The minimum atomic E-state index is -0.384. The van der Waals surface area contributed by atoms with Gasteiger partial charge in [0.2, 0.25) is 0 Å². The molecule has 4 heteroatoms.